The summed E-state index contributed by atoms with van der Waals surface area (Å²) in [7, 11) is 0. The minimum absolute atomic E-state index is 0.573. The van der Waals surface area contributed by atoms with Crippen LogP contribution in [-0.4, -0.2) is 10.1 Å². The van der Waals surface area contributed by atoms with E-state index in [0.29, 0.717) is 0 Å². The summed E-state index contributed by atoms with van der Waals surface area (Å²) in [5.74, 6) is 0. The topological polar surface area (TPSA) is 33.1 Å². The maximum atomic E-state index is 9.83. The number of nitrogens with zero attached hydrogens (tertiary/aromatic N) is 1. The molecule has 0 aliphatic carbocycles. The highest BCUT2D eigenvalue weighted by atomic mass is 79.9. The third-order valence-corrected chi connectivity index (χ3v) is 4.07. The fourth-order valence-corrected chi connectivity index (χ4v) is 3.01. The van der Waals surface area contributed by atoms with E-state index in [4.69, 9.17) is 0 Å². The Morgan fingerprint density at radius 3 is 2.85 bits per heavy atom. The van der Waals surface area contributed by atoms with Gasteiger partial charge in [0.1, 0.15) is 15.7 Å². The smallest absolute Gasteiger partial charge is 0.140 e. The van der Waals surface area contributed by atoms with E-state index in [2.05, 4.69) is 20.9 Å². The van der Waals surface area contributed by atoms with Gasteiger partial charge >= 0.3 is 0 Å². The molecular formula is C8H6BrNOS2. The predicted octanol–water partition coefficient (Wildman–Crippen LogP) is 3.05. The van der Waals surface area contributed by atoms with Gasteiger partial charge in [0.25, 0.3) is 0 Å². The Morgan fingerprint density at radius 1 is 1.46 bits per heavy atom. The summed E-state index contributed by atoms with van der Waals surface area (Å²) < 4.78 is 0.781. The average Bonchev–Trinajstić information content (AvgIpc) is 2.72. The van der Waals surface area contributed by atoms with Crippen molar-refractivity contribution in [2.24, 2.45) is 0 Å². The fourth-order valence-electron chi connectivity index (χ4n) is 0.961. The van der Waals surface area contributed by atoms with Crippen LogP contribution in [0.1, 0.15) is 16.0 Å². The molecule has 0 fully saturated rings. The van der Waals surface area contributed by atoms with Crippen molar-refractivity contribution in [3.63, 3.8) is 0 Å². The van der Waals surface area contributed by atoms with E-state index in [-0.39, 0.29) is 0 Å². The van der Waals surface area contributed by atoms with Gasteiger partial charge in [-0.3, -0.25) is 0 Å². The van der Waals surface area contributed by atoms with Crippen LogP contribution in [0.4, 0.5) is 0 Å². The first-order chi connectivity index (χ1) is 6.27. The minimum atomic E-state index is -0.573. The third-order valence-electron chi connectivity index (χ3n) is 1.54. The Balaban J connectivity index is 2.28. The second-order valence-corrected chi connectivity index (χ2v) is 5.11. The molecule has 1 atom stereocenters. The number of halogens is 1. The Morgan fingerprint density at radius 2 is 2.31 bits per heavy atom. The van der Waals surface area contributed by atoms with Gasteiger partial charge in [-0.05, 0) is 27.4 Å². The Labute approximate surface area is 92.0 Å². The molecule has 2 aromatic rings. The zero-order valence-electron chi connectivity index (χ0n) is 6.48. The molecule has 2 aromatic heterocycles. The van der Waals surface area contributed by atoms with Crippen molar-refractivity contribution < 1.29 is 5.11 Å². The highest BCUT2D eigenvalue weighted by molar-refractivity contribution is 9.10. The fraction of sp³-hybridized carbons (Fsp3) is 0.125. The number of thiophene rings is 1. The van der Waals surface area contributed by atoms with E-state index in [9.17, 15) is 5.11 Å². The third kappa shape index (κ3) is 1.99. The van der Waals surface area contributed by atoms with E-state index >= 15 is 0 Å². The number of rotatable bonds is 2. The Bertz CT molecular complexity index is 385. The molecule has 0 spiro atoms. The number of aromatic nitrogens is 1. The van der Waals surface area contributed by atoms with E-state index in [1.165, 1.54) is 22.7 Å². The van der Waals surface area contributed by atoms with Gasteiger partial charge in [0, 0.05) is 10.3 Å². The first kappa shape index (κ1) is 9.33. The summed E-state index contributed by atoms with van der Waals surface area (Å²) in [6, 6.07) is 3.83. The zero-order valence-corrected chi connectivity index (χ0v) is 9.69. The lowest BCUT2D eigenvalue weighted by Crippen LogP contribution is -1.95. The lowest BCUT2D eigenvalue weighted by Gasteiger charge is -2.02. The van der Waals surface area contributed by atoms with Crippen LogP contribution in [0.2, 0.25) is 0 Å². The molecule has 0 saturated carbocycles. The standard InChI is InChI=1S/C8H6BrNOS2/c9-6-4-13-8(10-6)7(11)5-2-1-3-12-5/h1-4,7,11H. The number of thiazole rings is 1. The van der Waals surface area contributed by atoms with Crippen LogP contribution < -0.4 is 0 Å². The normalized spacial score (nSPS) is 13.1. The number of hydrogen-bond acceptors (Lipinski definition) is 4. The predicted molar refractivity (Wildman–Crippen MR) is 58.2 cm³/mol. The van der Waals surface area contributed by atoms with Crippen molar-refractivity contribution in [1.82, 2.24) is 4.98 Å². The van der Waals surface area contributed by atoms with Crippen molar-refractivity contribution in [3.05, 3.63) is 37.4 Å². The first-order valence-corrected chi connectivity index (χ1v) is 6.15. The molecule has 13 heavy (non-hydrogen) atoms. The maximum absolute atomic E-state index is 9.83. The van der Waals surface area contributed by atoms with E-state index < -0.39 is 6.10 Å². The minimum Gasteiger partial charge on any atom is -0.380 e. The number of aliphatic hydroxyl groups is 1. The van der Waals surface area contributed by atoms with Crippen LogP contribution >= 0.6 is 38.6 Å². The lowest BCUT2D eigenvalue weighted by molar-refractivity contribution is 0.223. The van der Waals surface area contributed by atoms with Crippen molar-refractivity contribution in [2.45, 2.75) is 6.10 Å². The summed E-state index contributed by atoms with van der Waals surface area (Å²) in [6.45, 7) is 0. The van der Waals surface area contributed by atoms with Gasteiger partial charge in [-0.15, -0.1) is 22.7 Å². The van der Waals surface area contributed by atoms with Crippen molar-refractivity contribution in [1.29, 1.82) is 0 Å². The van der Waals surface area contributed by atoms with Crippen LogP contribution in [0.3, 0.4) is 0 Å². The number of aliphatic hydroxyl groups excluding tert-OH is 1. The van der Waals surface area contributed by atoms with Crippen LogP contribution in [-0.2, 0) is 0 Å². The molecule has 2 nitrogen and oxygen atoms in total. The molecule has 0 saturated heterocycles. The SMILES string of the molecule is OC(c1cccs1)c1nc(Br)cs1. The molecule has 0 bridgehead atoms. The van der Waals surface area contributed by atoms with Crippen LogP contribution in [0.5, 0.6) is 0 Å². The van der Waals surface area contributed by atoms with Gasteiger partial charge < -0.3 is 5.11 Å². The van der Waals surface area contributed by atoms with Gasteiger partial charge in [0.05, 0.1) is 0 Å². The number of hydrogen-bond donors (Lipinski definition) is 1. The van der Waals surface area contributed by atoms with Crippen LogP contribution in [0.15, 0.2) is 27.5 Å². The summed E-state index contributed by atoms with van der Waals surface area (Å²) in [5.41, 5.74) is 0. The molecule has 1 N–H and O–H groups in total. The van der Waals surface area contributed by atoms with Crippen LogP contribution in [0.25, 0.3) is 0 Å². The highest BCUT2D eigenvalue weighted by Crippen LogP contribution is 2.29. The van der Waals surface area contributed by atoms with Crippen LogP contribution in [0, 0.1) is 0 Å². The molecule has 0 aromatic carbocycles. The second kappa shape index (κ2) is 3.88. The average molecular weight is 276 g/mol. The Kier molecular flexibility index (Phi) is 2.78. The molecule has 0 aliphatic rings. The lowest BCUT2D eigenvalue weighted by atomic mass is 10.3. The molecule has 2 heterocycles. The van der Waals surface area contributed by atoms with Gasteiger partial charge in [-0.1, -0.05) is 6.07 Å². The first-order valence-electron chi connectivity index (χ1n) is 3.60. The van der Waals surface area contributed by atoms with E-state index in [1.54, 1.807) is 0 Å². The van der Waals surface area contributed by atoms with Gasteiger partial charge in [0.15, 0.2) is 0 Å². The largest absolute Gasteiger partial charge is 0.380 e. The quantitative estimate of drug-likeness (QED) is 0.914. The van der Waals surface area contributed by atoms with Gasteiger partial charge in [-0.2, -0.15) is 0 Å². The molecule has 68 valence electrons. The molecule has 0 amide bonds. The van der Waals surface area contributed by atoms with Crippen molar-refractivity contribution in [3.8, 4) is 0 Å². The van der Waals surface area contributed by atoms with Crippen molar-refractivity contribution in [2.75, 3.05) is 0 Å². The zero-order chi connectivity index (χ0) is 9.26. The molecule has 2 rings (SSSR count). The van der Waals surface area contributed by atoms with E-state index in [1.807, 2.05) is 22.9 Å². The maximum Gasteiger partial charge on any atom is 0.140 e. The van der Waals surface area contributed by atoms with Gasteiger partial charge in [0.2, 0.25) is 0 Å². The van der Waals surface area contributed by atoms with Gasteiger partial charge in [-0.25, -0.2) is 4.98 Å². The second-order valence-electron chi connectivity index (χ2n) is 2.43. The van der Waals surface area contributed by atoms with E-state index in [0.717, 1.165) is 14.5 Å². The monoisotopic (exact) mass is 275 g/mol. The summed E-state index contributed by atoms with van der Waals surface area (Å²) in [6.07, 6.45) is -0.573. The molecular weight excluding hydrogens is 270 g/mol. The van der Waals surface area contributed by atoms with Crippen molar-refractivity contribution >= 4 is 38.6 Å². The Hall–Kier alpha value is -0.230. The molecule has 0 aliphatic heterocycles. The highest BCUT2D eigenvalue weighted by Gasteiger charge is 2.14. The molecule has 0 radical (unpaired) electrons. The summed E-state index contributed by atoms with van der Waals surface area (Å²) >= 11 is 6.25. The molecule has 1 unspecified atom stereocenters. The summed E-state index contributed by atoms with van der Waals surface area (Å²) in [4.78, 5) is 5.09. The summed E-state index contributed by atoms with van der Waals surface area (Å²) in [5, 5.41) is 14.4. The molecule has 5 heteroatoms.